The highest BCUT2D eigenvalue weighted by molar-refractivity contribution is 7.85. The molecule has 0 saturated heterocycles. The van der Waals surface area contributed by atoms with E-state index in [1.165, 1.54) is 33.0 Å². The summed E-state index contributed by atoms with van der Waals surface area (Å²) < 4.78 is 21.9. The van der Waals surface area contributed by atoms with Gasteiger partial charge in [0.05, 0.1) is 0 Å². The lowest BCUT2D eigenvalue weighted by atomic mass is 9.89. The maximum Gasteiger partial charge on any atom is 0.171 e. The highest BCUT2D eigenvalue weighted by Crippen LogP contribution is 2.55. The van der Waals surface area contributed by atoms with Crippen LogP contribution in [0.4, 0.5) is 0 Å². The number of fused-ring (bicyclic) bond motifs is 6. The van der Waals surface area contributed by atoms with Crippen LogP contribution in [-0.4, -0.2) is 0 Å². The molecule has 0 saturated carbocycles. The van der Waals surface area contributed by atoms with Crippen LogP contribution in [0.5, 0.6) is 0 Å². The van der Waals surface area contributed by atoms with Gasteiger partial charge in [0, 0.05) is 32.2 Å². The second kappa shape index (κ2) is 9.16. The van der Waals surface area contributed by atoms with Crippen LogP contribution >= 0.6 is 7.14 Å². The molecule has 0 unspecified atom stereocenters. The van der Waals surface area contributed by atoms with E-state index in [4.69, 9.17) is 4.42 Å². The lowest BCUT2D eigenvalue weighted by Crippen LogP contribution is -2.25. The summed E-state index contributed by atoms with van der Waals surface area (Å²) in [5.41, 5.74) is 8.71. The standard InChI is InChI=1S/C40H25O2P/c41-43(28-15-3-1-4-16-28,29-17-5-2-6-18-29)30-19-9-14-27(24-30)38-39-33-22-11-13-26-12-10-21-31(37(26)33)34(39)25-36-40(38)32-20-7-8-23-35(32)42-36/h1-25H. The first-order valence-corrected chi connectivity index (χ1v) is 16.3. The van der Waals surface area contributed by atoms with Crippen LogP contribution in [-0.2, 0) is 4.57 Å². The van der Waals surface area contributed by atoms with Crippen molar-refractivity contribution in [1.29, 1.82) is 0 Å². The van der Waals surface area contributed by atoms with Gasteiger partial charge in [-0.3, -0.25) is 0 Å². The topological polar surface area (TPSA) is 30.2 Å². The molecule has 0 bridgehead atoms. The van der Waals surface area contributed by atoms with Gasteiger partial charge in [0.25, 0.3) is 0 Å². The zero-order chi connectivity index (χ0) is 28.5. The Kier molecular flexibility index (Phi) is 5.21. The second-order valence-electron chi connectivity index (χ2n) is 11.2. The molecule has 3 heteroatoms. The highest BCUT2D eigenvalue weighted by atomic mass is 31.2. The molecule has 2 nitrogen and oxygen atoms in total. The van der Waals surface area contributed by atoms with Crippen molar-refractivity contribution in [1.82, 2.24) is 0 Å². The molecule has 9 rings (SSSR count). The van der Waals surface area contributed by atoms with Crippen LogP contribution in [0.3, 0.4) is 0 Å². The van der Waals surface area contributed by atoms with Gasteiger partial charge in [-0.25, -0.2) is 0 Å². The molecule has 0 fully saturated rings. The normalized spacial score (nSPS) is 12.3. The van der Waals surface area contributed by atoms with Crippen molar-refractivity contribution >= 4 is 55.8 Å². The highest BCUT2D eigenvalue weighted by Gasteiger charge is 2.32. The van der Waals surface area contributed by atoms with Gasteiger partial charge in [-0.15, -0.1) is 0 Å². The third-order valence-electron chi connectivity index (χ3n) is 8.87. The Hall–Kier alpha value is -5.17. The third-order valence-corrected chi connectivity index (χ3v) is 11.9. The predicted molar refractivity (Wildman–Crippen MR) is 180 cm³/mol. The Labute approximate surface area is 249 Å². The van der Waals surface area contributed by atoms with Gasteiger partial charge in [-0.05, 0) is 56.8 Å². The molecule has 7 aromatic carbocycles. The molecule has 0 amide bonds. The fourth-order valence-corrected chi connectivity index (χ4v) is 9.72. The van der Waals surface area contributed by atoms with Crippen LogP contribution in [0.1, 0.15) is 0 Å². The van der Waals surface area contributed by atoms with Crippen LogP contribution in [0.15, 0.2) is 156 Å². The van der Waals surface area contributed by atoms with Crippen molar-refractivity contribution in [2.45, 2.75) is 0 Å². The minimum absolute atomic E-state index is 0.815. The second-order valence-corrected chi connectivity index (χ2v) is 14.0. The van der Waals surface area contributed by atoms with Gasteiger partial charge in [0.2, 0.25) is 0 Å². The van der Waals surface area contributed by atoms with Crippen molar-refractivity contribution in [3.63, 3.8) is 0 Å². The summed E-state index contributed by atoms with van der Waals surface area (Å²) in [6, 6.07) is 51.7. The Morgan fingerprint density at radius 2 is 1.07 bits per heavy atom. The monoisotopic (exact) mass is 568 g/mol. The summed E-state index contributed by atoms with van der Waals surface area (Å²) in [5.74, 6) is 0. The number of furan rings is 1. The number of rotatable bonds is 4. The molecule has 0 atom stereocenters. The van der Waals surface area contributed by atoms with Gasteiger partial charge >= 0.3 is 0 Å². The summed E-state index contributed by atoms with van der Waals surface area (Å²) in [4.78, 5) is 0. The molecule has 0 spiro atoms. The lowest BCUT2D eigenvalue weighted by molar-refractivity contribution is 0.592. The van der Waals surface area contributed by atoms with E-state index in [1.807, 2.05) is 78.9 Å². The largest absolute Gasteiger partial charge is 0.456 e. The van der Waals surface area contributed by atoms with E-state index in [-0.39, 0.29) is 0 Å². The van der Waals surface area contributed by atoms with E-state index in [9.17, 15) is 0 Å². The SMILES string of the molecule is O=P(c1ccccc1)(c1ccccc1)c1cccc(-c2c3c(cc4oc5ccccc5c24)-c2cccc4cccc-3c24)c1. The summed E-state index contributed by atoms with van der Waals surface area (Å²) >= 11 is 0. The van der Waals surface area contributed by atoms with E-state index < -0.39 is 7.14 Å². The molecule has 0 radical (unpaired) electrons. The number of para-hydroxylation sites is 1. The zero-order valence-corrected chi connectivity index (χ0v) is 24.1. The van der Waals surface area contributed by atoms with Crippen molar-refractivity contribution in [3.05, 3.63) is 152 Å². The molecule has 202 valence electrons. The Bertz CT molecular complexity index is 2370. The molecule has 43 heavy (non-hydrogen) atoms. The minimum Gasteiger partial charge on any atom is -0.456 e. The van der Waals surface area contributed by atoms with Crippen LogP contribution < -0.4 is 15.9 Å². The van der Waals surface area contributed by atoms with Crippen LogP contribution in [0.2, 0.25) is 0 Å². The van der Waals surface area contributed by atoms with Crippen LogP contribution in [0.25, 0.3) is 66.1 Å². The van der Waals surface area contributed by atoms with Crippen molar-refractivity contribution in [2.24, 2.45) is 0 Å². The molecule has 1 heterocycles. The first-order valence-electron chi connectivity index (χ1n) is 14.5. The maximum atomic E-state index is 15.4. The molecule has 1 aromatic heterocycles. The van der Waals surface area contributed by atoms with E-state index in [0.717, 1.165) is 49.0 Å². The van der Waals surface area contributed by atoms with Gasteiger partial charge in [-0.1, -0.05) is 133 Å². The molecule has 0 aliphatic heterocycles. The number of benzene rings is 7. The third kappa shape index (κ3) is 3.45. The predicted octanol–water partition coefficient (Wildman–Crippen LogP) is 9.69. The average Bonchev–Trinajstić information content (AvgIpc) is 3.61. The van der Waals surface area contributed by atoms with E-state index in [1.54, 1.807) is 0 Å². The van der Waals surface area contributed by atoms with Crippen molar-refractivity contribution in [3.8, 4) is 33.4 Å². The van der Waals surface area contributed by atoms with Crippen LogP contribution in [0, 0.1) is 0 Å². The lowest BCUT2D eigenvalue weighted by Gasteiger charge is -2.21. The van der Waals surface area contributed by atoms with Crippen molar-refractivity contribution in [2.75, 3.05) is 0 Å². The molecule has 0 N–H and O–H groups in total. The fraction of sp³-hybridized carbons (Fsp3) is 0. The fourth-order valence-electron chi connectivity index (χ4n) is 7.02. The Morgan fingerprint density at radius 3 is 1.81 bits per heavy atom. The number of hydrogen-bond acceptors (Lipinski definition) is 2. The van der Waals surface area contributed by atoms with Gasteiger partial charge < -0.3 is 8.98 Å². The van der Waals surface area contributed by atoms with Gasteiger partial charge in [-0.2, -0.15) is 0 Å². The first-order chi connectivity index (χ1) is 21.2. The molecular formula is C40H25O2P. The van der Waals surface area contributed by atoms with E-state index in [2.05, 4.69) is 72.8 Å². The summed E-state index contributed by atoms with van der Waals surface area (Å²) in [5, 5.41) is 7.14. The van der Waals surface area contributed by atoms with Crippen molar-refractivity contribution < 1.29 is 8.98 Å². The molecule has 1 aliphatic rings. The average molecular weight is 569 g/mol. The van der Waals surface area contributed by atoms with E-state index >= 15 is 4.57 Å². The summed E-state index contributed by atoms with van der Waals surface area (Å²) in [6.07, 6.45) is 0. The van der Waals surface area contributed by atoms with Gasteiger partial charge in [0.15, 0.2) is 7.14 Å². The summed E-state index contributed by atoms with van der Waals surface area (Å²) in [6.45, 7) is 0. The smallest absolute Gasteiger partial charge is 0.171 e. The minimum atomic E-state index is -3.16. The quantitative estimate of drug-likeness (QED) is 0.198. The first kappa shape index (κ1) is 24.4. The molecular weight excluding hydrogens is 543 g/mol. The molecule has 1 aliphatic carbocycles. The zero-order valence-electron chi connectivity index (χ0n) is 23.2. The summed E-state index contributed by atoms with van der Waals surface area (Å²) in [7, 11) is -3.16. The van der Waals surface area contributed by atoms with E-state index in [0.29, 0.717) is 0 Å². The Balaban J connectivity index is 1.40. The Morgan fingerprint density at radius 1 is 0.442 bits per heavy atom. The molecule has 8 aromatic rings. The number of hydrogen-bond donors (Lipinski definition) is 0. The van der Waals surface area contributed by atoms with Gasteiger partial charge in [0.1, 0.15) is 11.2 Å². The maximum absolute atomic E-state index is 15.4.